The van der Waals surface area contributed by atoms with Gasteiger partial charge >= 0.3 is 0 Å². The lowest BCUT2D eigenvalue weighted by molar-refractivity contribution is 0.104. The maximum absolute atomic E-state index is 12.1. The first kappa shape index (κ1) is 14.6. The number of nitrogens with zero attached hydrogens (tertiary/aromatic N) is 2. The van der Waals surface area contributed by atoms with Gasteiger partial charge in [-0.25, -0.2) is 4.98 Å². The number of thiazole rings is 1. The van der Waals surface area contributed by atoms with Gasteiger partial charge in [0.25, 0.3) is 0 Å². The minimum Gasteiger partial charge on any atom is -0.289 e. The number of pyridine rings is 1. The Labute approximate surface area is 136 Å². The number of hydrogen-bond donors (Lipinski definition) is 0. The molecule has 2 aromatic heterocycles. The smallest absolute Gasteiger partial charge is 0.185 e. The molecule has 0 saturated heterocycles. The Kier molecular flexibility index (Phi) is 4.42. The number of ketones is 1. The predicted molar refractivity (Wildman–Crippen MR) is 90.2 cm³/mol. The third kappa shape index (κ3) is 3.47. The van der Waals surface area contributed by atoms with Crippen molar-refractivity contribution in [3.05, 3.63) is 76.4 Å². The van der Waals surface area contributed by atoms with Gasteiger partial charge in [0.1, 0.15) is 5.01 Å². The highest BCUT2D eigenvalue weighted by Gasteiger charge is 2.05. The molecule has 22 heavy (non-hydrogen) atoms. The van der Waals surface area contributed by atoms with E-state index in [9.17, 15) is 4.79 Å². The molecule has 2 heterocycles. The summed E-state index contributed by atoms with van der Waals surface area (Å²) < 4.78 is 0. The Morgan fingerprint density at radius 3 is 2.86 bits per heavy atom. The standard InChI is InChI=1S/C17H11ClN2OS/c18-13-5-3-4-12(10-13)16(21)8-7-14-11-22-17(20-14)15-6-1-2-9-19-15/h1-11H. The molecular formula is C17H11ClN2OS. The molecule has 5 heteroatoms. The van der Waals surface area contributed by atoms with Crippen molar-refractivity contribution in [2.75, 3.05) is 0 Å². The van der Waals surface area contributed by atoms with Crippen LogP contribution < -0.4 is 0 Å². The lowest BCUT2D eigenvalue weighted by Crippen LogP contribution is -1.93. The summed E-state index contributed by atoms with van der Waals surface area (Å²) in [7, 11) is 0. The second kappa shape index (κ2) is 6.64. The third-order valence-corrected chi connectivity index (χ3v) is 4.04. The monoisotopic (exact) mass is 326 g/mol. The predicted octanol–water partition coefficient (Wildman–Crippen LogP) is 4.75. The fraction of sp³-hybridized carbons (Fsp3) is 0. The molecule has 3 nitrogen and oxygen atoms in total. The molecule has 0 amide bonds. The van der Waals surface area contributed by atoms with Gasteiger partial charge in [-0.1, -0.05) is 29.8 Å². The van der Waals surface area contributed by atoms with Gasteiger partial charge in [-0.3, -0.25) is 9.78 Å². The van der Waals surface area contributed by atoms with E-state index in [2.05, 4.69) is 9.97 Å². The molecule has 0 fully saturated rings. The van der Waals surface area contributed by atoms with Crippen molar-refractivity contribution >= 4 is 34.8 Å². The van der Waals surface area contributed by atoms with Crippen LogP contribution >= 0.6 is 22.9 Å². The van der Waals surface area contributed by atoms with E-state index >= 15 is 0 Å². The first-order valence-electron chi connectivity index (χ1n) is 6.57. The van der Waals surface area contributed by atoms with Crippen LogP contribution in [0.5, 0.6) is 0 Å². The Bertz CT molecular complexity index is 827. The Morgan fingerprint density at radius 2 is 2.09 bits per heavy atom. The second-order valence-electron chi connectivity index (χ2n) is 4.50. The van der Waals surface area contributed by atoms with Crippen LogP contribution in [0.3, 0.4) is 0 Å². The second-order valence-corrected chi connectivity index (χ2v) is 5.79. The summed E-state index contributed by atoms with van der Waals surface area (Å²) in [6, 6.07) is 12.6. The topological polar surface area (TPSA) is 42.9 Å². The summed E-state index contributed by atoms with van der Waals surface area (Å²) in [6.45, 7) is 0. The van der Waals surface area contributed by atoms with Gasteiger partial charge in [-0.2, -0.15) is 0 Å². The molecule has 0 unspecified atom stereocenters. The van der Waals surface area contributed by atoms with Crippen LogP contribution in [-0.2, 0) is 0 Å². The van der Waals surface area contributed by atoms with Crippen LogP contribution in [-0.4, -0.2) is 15.8 Å². The average molecular weight is 327 g/mol. The number of aromatic nitrogens is 2. The zero-order valence-electron chi connectivity index (χ0n) is 11.4. The van der Waals surface area contributed by atoms with Gasteiger partial charge in [0.2, 0.25) is 0 Å². The van der Waals surface area contributed by atoms with Crippen LogP contribution in [0, 0.1) is 0 Å². The summed E-state index contributed by atoms with van der Waals surface area (Å²) in [4.78, 5) is 20.8. The van der Waals surface area contributed by atoms with Crippen molar-refractivity contribution in [1.82, 2.24) is 9.97 Å². The van der Waals surface area contributed by atoms with Crippen molar-refractivity contribution in [3.8, 4) is 10.7 Å². The lowest BCUT2D eigenvalue weighted by atomic mass is 10.1. The van der Waals surface area contributed by atoms with Crippen LogP contribution in [0.15, 0.2) is 60.1 Å². The normalized spacial score (nSPS) is 11.0. The van der Waals surface area contributed by atoms with Gasteiger partial charge in [0.05, 0.1) is 11.4 Å². The number of rotatable bonds is 4. The fourth-order valence-corrected chi connectivity index (χ4v) is 2.82. The number of allylic oxidation sites excluding steroid dienone is 1. The molecule has 3 rings (SSSR count). The third-order valence-electron chi connectivity index (χ3n) is 2.92. The van der Waals surface area contributed by atoms with E-state index in [4.69, 9.17) is 11.6 Å². The number of halogens is 1. The number of hydrogen-bond acceptors (Lipinski definition) is 4. The van der Waals surface area contributed by atoms with E-state index in [1.165, 1.54) is 17.4 Å². The maximum Gasteiger partial charge on any atom is 0.185 e. The van der Waals surface area contributed by atoms with Gasteiger partial charge in [-0.15, -0.1) is 11.3 Å². The minimum atomic E-state index is -0.102. The first-order valence-corrected chi connectivity index (χ1v) is 7.83. The van der Waals surface area contributed by atoms with Crippen LogP contribution in [0.25, 0.3) is 16.8 Å². The molecule has 0 saturated carbocycles. The molecule has 0 radical (unpaired) electrons. The number of carbonyl (C=O) groups is 1. The van der Waals surface area contributed by atoms with E-state index < -0.39 is 0 Å². The molecule has 0 aliphatic rings. The molecular weight excluding hydrogens is 316 g/mol. The zero-order valence-corrected chi connectivity index (χ0v) is 13.0. The van der Waals surface area contributed by atoms with Crippen LogP contribution in [0.1, 0.15) is 16.1 Å². The summed E-state index contributed by atoms with van der Waals surface area (Å²) in [5.74, 6) is -0.102. The molecule has 0 atom stereocenters. The van der Waals surface area contributed by atoms with E-state index in [-0.39, 0.29) is 5.78 Å². The Balaban J connectivity index is 1.76. The molecule has 0 N–H and O–H groups in total. The van der Waals surface area contributed by atoms with E-state index in [0.29, 0.717) is 10.6 Å². The van der Waals surface area contributed by atoms with Crippen molar-refractivity contribution in [1.29, 1.82) is 0 Å². The molecule has 0 aliphatic carbocycles. The highest BCUT2D eigenvalue weighted by Crippen LogP contribution is 2.22. The van der Waals surface area contributed by atoms with Gasteiger partial charge < -0.3 is 0 Å². The van der Waals surface area contributed by atoms with Crippen LogP contribution in [0.4, 0.5) is 0 Å². The molecule has 0 spiro atoms. The highest BCUT2D eigenvalue weighted by molar-refractivity contribution is 7.13. The van der Waals surface area contributed by atoms with Gasteiger partial charge in [0.15, 0.2) is 5.78 Å². The van der Waals surface area contributed by atoms with Gasteiger partial charge in [0, 0.05) is 22.2 Å². The Hall–Kier alpha value is -2.30. The van der Waals surface area contributed by atoms with E-state index in [1.807, 2.05) is 23.6 Å². The summed E-state index contributed by atoms with van der Waals surface area (Å²) >= 11 is 7.38. The summed E-state index contributed by atoms with van der Waals surface area (Å²) in [6.07, 6.45) is 4.93. The molecule has 1 aromatic carbocycles. The van der Waals surface area contributed by atoms with E-state index in [1.54, 1.807) is 36.5 Å². The molecule has 3 aromatic rings. The molecule has 0 aliphatic heterocycles. The average Bonchev–Trinajstić information content (AvgIpc) is 3.02. The SMILES string of the molecule is O=C(C=Cc1csc(-c2ccccn2)n1)c1cccc(Cl)c1. The van der Waals surface area contributed by atoms with Crippen molar-refractivity contribution in [2.45, 2.75) is 0 Å². The summed E-state index contributed by atoms with van der Waals surface area (Å²) in [5.41, 5.74) is 2.12. The largest absolute Gasteiger partial charge is 0.289 e. The molecule has 108 valence electrons. The Morgan fingerprint density at radius 1 is 1.18 bits per heavy atom. The molecule has 0 bridgehead atoms. The summed E-state index contributed by atoms with van der Waals surface area (Å²) in [5, 5.41) is 3.27. The number of benzene rings is 1. The van der Waals surface area contributed by atoms with Crippen molar-refractivity contribution in [3.63, 3.8) is 0 Å². The first-order chi connectivity index (χ1) is 10.7. The zero-order chi connectivity index (χ0) is 15.4. The highest BCUT2D eigenvalue weighted by atomic mass is 35.5. The van der Waals surface area contributed by atoms with Crippen molar-refractivity contribution < 1.29 is 4.79 Å². The van der Waals surface area contributed by atoms with Gasteiger partial charge in [-0.05, 0) is 36.4 Å². The minimum absolute atomic E-state index is 0.102. The van der Waals surface area contributed by atoms with E-state index in [0.717, 1.165) is 16.4 Å². The lowest BCUT2D eigenvalue weighted by Gasteiger charge is -1.95. The maximum atomic E-state index is 12.1. The number of carbonyl (C=O) groups excluding carboxylic acids is 1. The fourth-order valence-electron chi connectivity index (χ4n) is 1.87. The quantitative estimate of drug-likeness (QED) is 0.513. The van der Waals surface area contributed by atoms with Crippen molar-refractivity contribution in [2.24, 2.45) is 0 Å². The van der Waals surface area contributed by atoms with Crippen LogP contribution in [0.2, 0.25) is 5.02 Å².